The first-order valence-corrected chi connectivity index (χ1v) is 6.92. The van der Waals surface area contributed by atoms with Gasteiger partial charge in [-0.2, -0.15) is 0 Å². The molecule has 0 aromatic heterocycles. The molecule has 1 aliphatic rings. The molecule has 0 bridgehead atoms. The quantitative estimate of drug-likeness (QED) is 0.513. The number of halogens is 1. The van der Waals surface area contributed by atoms with E-state index in [4.69, 9.17) is 0 Å². The molecule has 1 fully saturated rings. The van der Waals surface area contributed by atoms with Crippen LogP contribution in [-0.2, 0) is 0 Å². The minimum atomic E-state index is 1.15. The third-order valence-electron chi connectivity index (χ3n) is 2.92. The highest BCUT2D eigenvalue weighted by Gasteiger charge is 2.11. The molecule has 0 aromatic rings. The van der Waals surface area contributed by atoms with Gasteiger partial charge in [0, 0.05) is 18.4 Å². The van der Waals surface area contributed by atoms with Gasteiger partial charge < -0.3 is 9.80 Å². The van der Waals surface area contributed by atoms with E-state index in [2.05, 4.69) is 32.8 Å². The fraction of sp³-hybridized carbons (Fsp3) is 1.00. The van der Waals surface area contributed by atoms with Crippen molar-refractivity contribution >= 4 is 15.9 Å². The summed E-state index contributed by atoms with van der Waals surface area (Å²) in [6.45, 7) is 6.41. The van der Waals surface area contributed by atoms with Gasteiger partial charge in [-0.25, -0.2) is 0 Å². The van der Waals surface area contributed by atoms with Crippen LogP contribution in [0.1, 0.15) is 25.7 Å². The Morgan fingerprint density at radius 1 is 1.14 bits per heavy atom. The molecule has 0 N–H and O–H groups in total. The fourth-order valence-corrected chi connectivity index (χ4v) is 2.30. The largest absolute Gasteiger partial charge is 0.305 e. The molecule has 0 amide bonds. The Balaban J connectivity index is 1.93. The SMILES string of the molecule is CN(CCCCBr)CCN1CCCC1. The Morgan fingerprint density at radius 2 is 1.86 bits per heavy atom. The summed E-state index contributed by atoms with van der Waals surface area (Å²) in [6.07, 6.45) is 5.44. The van der Waals surface area contributed by atoms with Gasteiger partial charge in [0.1, 0.15) is 0 Å². The Hall–Kier alpha value is 0.400. The van der Waals surface area contributed by atoms with Crippen LogP contribution in [0.3, 0.4) is 0 Å². The van der Waals surface area contributed by atoms with Crippen LogP contribution in [0, 0.1) is 0 Å². The van der Waals surface area contributed by atoms with Crippen molar-refractivity contribution in [3.8, 4) is 0 Å². The Bertz CT molecular complexity index is 135. The number of unbranched alkanes of at least 4 members (excludes halogenated alkanes) is 1. The highest BCUT2D eigenvalue weighted by Crippen LogP contribution is 2.06. The van der Waals surface area contributed by atoms with Gasteiger partial charge in [-0.15, -0.1) is 0 Å². The zero-order valence-corrected chi connectivity index (χ0v) is 10.9. The number of likely N-dealkylation sites (N-methyl/N-ethyl adjacent to an activating group) is 1. The lowest BCUT2D eigenvalue weighted by atomic mass is 10.3. The van der Waals surface area contributed by atoms with Crippen LogP contribution >= 0.6 is 15.9 Å². The van der Waals surface area contributed by atoms with E-state index in [1.165, 1.54) is 58.4 Å². The maximum absolute atomic E-state index is 3.47. The average Bonchev–Trinajstić information content (AvgIpc) is 2.68. The number of likely N-dealkylation sites (tertiary alicyclic amines) is 1. The second-order valence-electron chi connectivity index (χ2n) is 4.25. The van der Waals surface area contributed by atoms with Crippen LogP contribution in [0.5, 0.6) is 0 Å². The molecule has 2 nitrogen and oxygen atoms in total. The van der Waals surface area contributed by atoms with E-state index in [0.29, 0.717) is 0 Å². The van der Waals surface area contributed by atoms with E-state index in [0.717, 1.165) is 5.33 Å². The second kappa shape index (κ2) is 7.66. The van der Waals surface area contributed by atoms with E-state index in [9.17, 15) is 0 Å². The molecule has 0 radical (unpaired) electrons. The molecule has 1 rings (SSSR count). The number of hydrogen-bond acceptors (Lipinski definition) is 2. The van der Waals surface area contributed by atoms with Crippen LogP contribution in [0.25, 0.3) is 0 Å². The normalized spacial score (nSPS) is 18.2. The first kappa shape index (κ1) is 12.5. The molecule has 84 valence electrons. The Kier molecular flexibility index (Phi) is 6.82. The first-order valence-electron chi connectivity index (χ1n) is 5.80. The smallest absolute Gasteiger partial charge is 0.0109 e. The number of alkyl halides is 1. The van der Waals surface area contributed by atoms with E-state index in [1.807, 2.05) is 0 Å². The molecule has 1 heterocycles. The van der Waals surface area contributed by atoms with Gasteiger partial charge in [-0.3, -0.25) is 0 Å². The molecule has 3 heteroatoms. The summed E-state index contributed by atoms with van der Waals surface area (Å²) in [5.74, 6) is 0. The van der Waals surface area contributed by atoms with Crippen LogP contribution < -0.4 is 0 Å². The summed E-state index contributed by atoms with van der Waals surface area (Å²) in [6, 6.07) is 0. The van der Waals surface area contributed by atoms with E-state index in [-0.39, 0.29) is 0 Å². The molecular weight excluding hydrogens is 240 g/mol. The van der Waals surface area contributed by atoms with Gasteiger partial charge in [0.2, 0.25) is 0 Å². The molecule has 1 aliphatic heterocycles. The van der Waals surface area contributed by atoms with Crippen molar-refractivity contribution in [1.29, 1.82) is 0 Å². The highest BCUT2D eigenvalue weighted by molar-refractivity contribution is 9.09. The van der Waals surface area contributed by atoms with Crippen LogP contribution in [0.2, 0.25) is 0 Å². The Morgan fingerprint density at radius 3 is 2.50 bits per heavy atom. The van der Waals surface area contributed by atoms with Crippen molar-refractivity contribution in [3.63, 3.8) is 0 Å². The van der Waals surface area contributed by atoms with Gasteiger partial charge in [0.15, 0.2) is 0 Å². The average molecular weight is 263 g/mol. The second-order valence-corrected chi connectivity index (χ2v) is 5.04. The van der Waals surface area contributed by atoms with Gasteiger partial charge in [0.05, 0.1) is 0 Å². The van der Waals surface area contributed by atoms with E-state index < -0.39 is 0 Å². The van der Waals surface area contributed by atoms with Crippen LogP contribution in [0.4, 0.5) is 0 Å². The summed E-state index contributed by atoms with van der Waals surface area (Å²) in [4.78, 5) is 5.04. The minimum Gasteiger partial charge on any atom is -0.305 e. The monoisotopic (exact) mass is 262 g/mol. The summed E-state index contributed by atoms with van der Waals surface area (Å²) in [5.41, 5.74) is 0. The standard InChI is InChI=1S/C11H23BrN2/c1-13(7-3-2-6-12)10-11-14-8-4-5-9-14/h2-11H2,1H3. The van der Waals surface area contributed by atoms with Gasteiger partial charge in [-0.1, -0.05) is 15.9 Å². The topological polar surface area (TPSA) is 6.48 Å². The first-order chi connectivity index (χ1) is 6.83. The lowest BCUT2D eigenvalue weighted by Gasteiger charge is -2.20. The summed E-state index contributed by atoms with van der Waals surface area (Å²) < 4.78 is 0. The zero-order chi connectivity index (χ0) is 10.2. The summed E-state index contributed by atoms with van der Waals surface area (Å²) in [5, 5.41) is 1.15. The van der Waals surface area contributed by atoms with Crippen LogP contribution in [-0.4, -0.2) is 54.9 Å². The summed E-state index contributed by atoms with van der Waals surface area (Å²) in [7, 11) is 2.24. The van der Waals surface area contributed by atoms with Crippen molar-refractivity contribution in [1.82, 2.24) is 9.80 Å². The number of nitrogens with zero attached hydrogens (tertiary/aromatic N) is 2. The molecule has 0 saturated carbocycles. The molecule has 0 aliphatic carbocycles. The third-order valence-corrected chi connectivity index (χ3v) is 3.48. The van der Waals surface area contributed by atoms with E-state index in [1.54, 1.807) is 0 Å². The molecule has 0 unspecified atom stereocenters. The van der Waals surface area contributed by atoms with Gasteiger partial charge in [-0.05, 0) is 52.4 Å². The van der Waals surface area contributed by atoms with Crippen molar-refractivity contribution < 1.29 is 0 Å². The molecule has 0 atom stereocenters. The van der Waals surface area contributed by atoms with Crippen molar-refractivity contribution in [2.24, 2.45) is 0 Å². The van der Waals surface area contributed by atoms with E-state index >= 15 is 0 Å². The van der Waals surface area contributed by atoms with Gasteiger partial charge >= 0.3 is 0 Å². The van der Waals surface area contributed by atoms with Crippen molar-refractivity contribution in [3.05, 3.63) is 0 Å². The third kappa shape index (κ3) is 5.32. The summed E-state index contributed by atoms with van der Waals surface area (Å²) >= 11 is 3.47. The predicted molar refractivity (Wildman–Crippen MR) is 66.2 cm³/mol. The molecule has 1 saturated heterocycles. The molecule has 0 aromatic carbocycles. The molecule has 0 spiro atoms. The highest BCUT2D eigenvalue weighted by atomic mass is 79.9. The lowest BCUT2D eigenvalue weighted by molar-refractivity contribution is 0.255. The van der Waals surface area contributed by atoms with Gasteiger partial charge in [0.25, 0.3) is 0 Å². The minimum absolute atomic E-state index is 1.15. The molecule has 14 heavy (non-hydrogen) atoms. The maximum Gasteiger partial charge on any atom is 0.0109 e. The zero-order valence-electron chi connectivity index (χ0n) is 9.34. The predicted octanol–water partition coefficient (Wildman–Crippen LogP) is 2.19. The lowest BCUT2D eigenvalue weighted by Crippen LogP contribution is -2.31. The van der Waals surface area contributed by atoms with Crippen molar-refractivity contribution in [2.45, 2.75) is 25.7 Å². The number of hydrogen-bond donors (Lipinski definition) is 0. The maximum atomic E-state index is 3.47. The van der Waals surface area contributed by atoms with Crippen LogP contribution in [0.15, 0.2) is 0 Å². The Labute approximate surface area is 96.8 Å². The van der Waals surface area contributed by atoms with Crippen molar-refractivity contribution in [2.75, 3.05) is 45.1 Å². The fourth-order valence-electron chi connectivity index (χ4n) is 1.91. The molecular formula is C11H23BrN2. The number of rotatable bonds is 7.